The number of hydrogen-bond donors (Lipinski definition) is 2. The largest absolute Gasteiger partial charge is 0.393 e. The molecule has 1 rings (SSSR count). The number of amides is 1. The molecule has 1 atom stereocenters. The van der Waals surface area contributed by atoms with Crippen LogP contribution in [0.2, 0.25) is 5.02 Å². The first-order chi connectivity index (χ1) is 7.09. The molecule has 0 aliphatic carbocycles. The second kappa shape index (κ2) is 5.73. The first-order valence-electron chi connectivity index (χ1n) is 4.81. The zero-order valence-corrected chi connectivity index (χ0v) is 9.29. The van der Waals surface area contributed by atoms with Gasteiger partial charge in [-0.3, -0.25) is 4.79 Å². The van der Waals surface area contributed by atoms with E-state index in [2.05, 4.69) is 5.32 Å². The fourth-order valence-electron chi connectivity index (χ4n) is 1.10. The molecule has 0 heterocycles. The Labute approximate surface area is 94.1 Å². The van der Waals surface area contributed by atoms with Gasteiger partial charge in [0.25, 0.3) is 5.91 Å². The summed E-state index contributed by atoms with van der Waals surface area (Å²) in [6, 6.07) is 6.68. The van der Waals surface area contributed by atoms with Crippen LogP contribution in [0.4, 0.5) is 0 Å². The van der Waals surface area contributed by atoms with E-state index in [9.17, 15) is 4.79 Å². The molecular weight excluding hydrogens is 214 g/mol. The molecule has 15 heavy (non-hydrogen) atoms. The zero-order chi connectivity index (χ0) is 11.3. The number of rotatable bonds is 4. The molecule has 3 nitrogen and oxygen atoms in total. The maximum atomic E-state index is 11.5. The maximum absolute atomic E-state index is 11.5. The van der Waals surface area contributed by atoms with E-state index in [4.69, 9.17) is 16.7 Å². The van der Waals surface area contributed by atoms with Gasteiger partial charge in [0.15, 0.2) is 0 Å². The lowest BCUT2D eigenvalue weighted by molar-refractivity contribution is 0.0945. The van der Waals surface area contributed by atoms with Gasteiger partial charge in [0, 0.05) is 17.1 Å². The molecule has 0 fully saturated rings. The fourth-order valence-corrected chi connectivity index (χ4v) is 1.22. The Morgan fingerprint density at radius 3 is 2.60 bits per heavy atom. The summed E-state index contributed by atoms with van der Waals surface area (Å²) in [4.78, 5) is 11.5. The Morgan fingerprint density at radius 1 is 1.47 bits per heavy atom. The first kappa shape index (κ1) is 12.0. The van der Waals surface area contributed by atoms with Crippen molar-refractivity contribution in [2.24, 2.45) is 0 Å². The molecule has 2 N–H and O–H groups in total. The lowest BCUT2D eigenvalue weighted by atomic mass is 10.2. The van der Waals surface area contributed by atoms with Crippen molar-refractivity contribution in [3.8, 4) is 0 Å². The summed E-state index contributed by atoms with van der Waals surface area (Å²) >= 11 is 5.70. The van der Waals surface area contributed by atoms with E-state index in [-0.39, 0.29) is 5.91 Å². The highest BCUT2D eigenvalue weighted by Crippen LogP contribution is 2.09. The van der Waals surface area contributed by atoms with Gasteiger partial charge in [-0.15, -0.1) is 0 Å². The van der Waals surface area contributed by atoms with Gasteiger partial charge < -0.3 is 10.4 Å². The van der Waals surface area contributed by atoms with Crippen LogP contribution < -0.4 is 5.32 Å². The van der Waals surface area contributed by atoms with Crippen molar-refractivity contribution >= 4 is 17.5 Å². The van der Waals surface area contributed by atoms with Gasteiger partial charge in [0.2, 0.25) is 0 Å². The van der Waals surface area contributed by atoms with Crippen molar-refractivity contribution in [3.63, 3.8) is 0 Å². The number of aliphatic hydroxyl groups excluding tert-OH is 1. The average molecular weight is 228 g/mol. The first-order valence-corrected chi connectivity index (χ1v) is 5.19. The molecule has 0 aliphatic heterocycles. The van der Waals surface area contributed by atoms with Crippen LogP contribution in [0.25, 0.3) is 0 Å². The summed E-state index contributed by atoms with van der Waals surface area (Å²) in [5, 5.41) is 12.3. The van der Waals surface area contributed by atoms with E-state index < -0.39 is 6.10 Å². The van der Waals surface area contributed by atoms with Crippen molar-refractivity contribution < 1.29 is 9.90 Å². The Hall–Kier alpha value is -1.06. The number of carbonyl (C=O) groups is 1. The van der Waals surface area contributed by atoms with Gasteiger partial charge in [-0.2, -0.15) is 0 Å². The van der Waals surface area contributed by atoms with Crippen LogP contribution in [0, 0.1) is 0 Å². The predicted molar refractivity (Wildman–Crippen MR) is 60.1 cm³/mol. The molecule has 0 saturated heterocycles. The van der Waals surface area contributed by atoms with Crippen LogP contribution in [-0.2, 0) is 0 Å². The minimum absolute atomic E-state index is 0.146. The summed E-state index contributed by atoms with van der Waals surface area (Å²) in [6.45, 7) is 2.16. The lowest BCUT2D eigenvalue weighted by Gasteiger charge is -2.06. The Morgan fingerprint density at radius 2 is 2.07 bits per heavy atom. The number of hydrogen-bond acceptors (Lipinski definition) is 2. The van der Waals surface area contributed by atoms with E-state index >= 15 is 0 Å². The minimum Gasteiger partial charge on any atom is -0.393 e. The number of aliphatic hydroxyl groups is 1. The topological polar surface area (TPSA) is 49.3 Å². The van der Waals surface area contributed by atoms with Gasteiger partial charge in [-0.1, -0.05) is 11.6 Å². The number of benzene rings is 1. The second-order valence-electron chi connectivity index (χ2n) is 3.40. The van der Waals surface area contributed by atoms with Gasteiger partial charge in [0.05, 0.1) is 6.10 Å². The average Bonchev–Trinajstić information content (AvgIpc) is 2.18. The van der Waals surface area contributed by atoms with E-state index in [0.717, 1.165) is 0 Å². The van der Waals surface area contributed by atoms with Crippen molar-refractivity contribution in [3.05, 3.63) is 34.9 Å². The van der Waals surface area contributed by atoms with Crippen molar-refractivity contribution in [1.82, 2.24) is 5.32 Å². The van der Waals surface area contributed by atoms with E-state index in [1.165, 1.54) is 0 Å². The van der Waals surface area contributed by atoms with Gasteiger partial charge >= 0.3 is 0 Å². The third kappa shape index (κ3) is 4.32. The molecule has 4 heteroatoms. The van der Waals surface area contributed by atoms with Crippen LogP contribution in [0.15, 0.2) is 24.3 Å². The molecular formula is C11H14ClNO2. The van der Waals surface area contributed by atoms with Crippen LogP contribution in [0.5, 0.6) is 0 Å². The monoisotopic (exact) mass is 227 g/mol. The molecule has 0 spiro atoms. The summed E-state index contributed by atoms with van der Waals surface area (Å²) in [7, 11) is 0. The van der Waals surface area contributed by atoms with Gasteiger partial charge in [0.1, 0.15) is 0 Å². The molecule has 1 aromatic rings. The minimum atomic E-state index is -0.393. The molecule has 0 aliphatic rings. The highest BCUT2D eigenvalue weighted by Gasteiger charge is 2.04. The number of nitrogens with one attached hydrogen (secondary N) is 1. The number of halogens is 1. The summed E-state index contributed by atoms with van der Waals surface area (Å²) in [5.74, 6) is -0.146. The maximum Gasteiger partial charge on any atom is 0.251 e. The van der Waals surface area contributed by atoms with Gasteiger partial charge in [-0.25, -0.2) is 0 Å². The standard InChI is InChI=1S/C11H14ClNO2/c1-8(14)6-7-13-11(15)9-2-4-10(12)5-3-9/h2-5,8,14H,6-7H2,1H3,(H,13,15). The molecule has 1 amide bonds. The van der Waals surface area contributed by atoms with Crippen LogP contribution in [-0.4, -0.2) is 23.7 Å². The molecule has 0 aromatic heterocycles. The quantitative estimate of drug-likeness (QED) is 0.825. The second-order valence-corrected chi connectivity index (χ2v) is 3.84. The van der Waals surface area contributed by atoms with E-state index in [1.54, 1.807) is 31.2 Å². The molecule has 0 saturated carbocycles. The smallest absolute Gasteiger partial charge is 0.251 e. The van der Waals surface area contributed by atoms with Crippen molar-refractivity contribution in [2.45, 2.75) is 19.4 Å². The Kier molecular flexibility index (Phi) is 4.59. The van der Waals surface area contributed by atoms with E-state index in [0.29, 0.717) is 23.6 Å². The third-order valence-corrected chi connectivity index (χ3v) is 2.21. The van der Waals surface area contributed by atoms with Crippen molar-refractivity contribution in [2.75, 3.05) is 6.54 Å². The predicted octanol–water partition coefficient (Wildman–Crippen LogP) is 1.84. The van der Waals surface area contributed by atoms with E-state index in [1.807, 2.05) is 0 Å². The summed E-state index contributed by atoms with van der Waals surface area (Å²) in [5.41, 5.74) is 0.574. The molecule has 82 valence electrons. The normalized spacial score (nSPS) is 12.2. The van der Waals surface area contributed by atoms with Crippen molar-refractivity contribution in [1.29, 1.82) is 0 Å². The fraction of sp³-hybridized carbons (Fsp3) is 0.364. The molecule has 0 radical (unpaired) electrons. The highest BCUT2D eigenvalue weighted by molar-refractivity contribution is 6.30. The summed E-state index contributed by atoms with van der Waals surface area (Å²) in [6.07, 6.45) is 0.162. The molecule has 0 bridgehead atoms. The Bertz CT molecular complexity index is 322. The molecule has 1 unspecified atom stereocenters. The lowest BCUT2D eigenvalue weighted by Crippen LogP contribution is -2.26. The summed E-state index contributed by atoms with van der Waals surface area (Å²) < 4.78 is 0. The van der Waals surface area contributed by atoms with Gasteiger partial charge in [-0.05, 0) is 37.6 Å². The highest BCUT2D eigenvalue weighted by atomic mass is 35.5. The van der Waals surface area contributed by atoms with Crippen LogP contribution >= 0.6 is 11.6 Å². The third-order valence-electron chi connectivity index (χ3n) is 1.95. The number of carbonyl (C=O) groups excluding carboxylic acids is 1. The zero-order valence-electron chi connectivity index (χ0n) is 8.53. The Balaban J connectivity index is 2.43. The molecule has 1 aromatic carbocycles. The van der Waals surface area contributed by atoms with Crippen LogP contribution in [0.1, 0.15) is 23.7 Å². The SMILES string of the molecule is CC(O)CCNC(=O)c1ccc(Cl)cc1. The van der Waals surface area contributed by atoms with Crippen LogP contribution in [0.3, 0.4) is 0 Å².